The lowest BCUT2D eigenvalue weighted by molar-refractivity contribution is 0.0940. The molecule has 1 amide bonds. The highest BCUT2D eigenvalue weighted by atomic mass is 35.5. The van der Waals surface area contributed by atoms with Crippen LogP contribution in [-0.4, -0.2) is 10.9 Å². The number of pyridine rings is 1. The number of amides is 1. The molecule has 2 aromatic rings. The Kier molecular flexibility index (Phi) is 4.02. The van der Waals surface area contributed by atoms with Gasteiger partial charge in [-0.15, -0.1) is 0 Å². The van der Waals surface area contributed by atoms with Crippen molar-refractivity contribution in [3.8, 4) is 0 Å². The number of nitrogens with one attached hydrogen (secondary N) is 1. The Morgan fingerprint density at radius 1 is 1.37 bits per heavy atom. The van der Waals surface area contributed by atoms with Crippen molar-refractivity contribution in [1.82, 2.24) is 10.3 Å². The molecule has 0 aliphatic rings. The second-order valence-corrected chi connectivity index (χ2v) is 4.59. The minimum atomic E-state index is -0.207. The lowest BCUT2D eigenvalue weighted by Crippen LogP contribution is -2.26. The Bertz CT molecular complexity index is 601. The van der Waals surface area contributed by atoms with Gasteiger partial charge in [0.1, 0.15) is 5.82 Å². The predicted molar refractivity (Wildman–Crippen MR) is 76.0 cm³/mol. The van der Waals surface area contributed by atoms with Crippen LogP contribution in [0, 0.1) is 0 Å². The molecule has 0 aliphatic heterocycles. The number of hydrogen-bond acceptors (Lipinski definition) is 3. The quantitative estimate of drug-likeness (QED) is 0.905. The molecule has 0 bridgehead atoms. The molecule has 5 heteroatoms. The Balaban J connectivity index is 2.13. The number of carbonyl (C=O) groups excluding carboxylic acids is 1. The summed E-state index contributed by atoms with van der Waals surface area (Å²) in [7, 11) is 0. The molecule has 0 fully saturated rings. The monoisotopic (exact) mass is 275 g/mol. The van der Waals surface area contributed by atoms with Crippen molar-refractivity contribution in [2.75, 3.05) is 5.73 Å². The van der Waals surface area contributed by atoms with Crippen LogP contribution in [0.1, 0.15) is 28.9 Å². The van der Waals surface area contributed by atoms with Crippen molar-refractivity contribution >= 4 is 23.3 Å². The van der Waals surface area contributed by atoms with Gasteiger partial charge in [-0.05, 0) is 30.7 Å². The van der Waals surface area contributed by atoms with Crippen LogP contribution in [-0.2, 0) is 0 Å². The molecule has 0 radical (unpaired) electrons. The van der Waals surface area contributed by atoms with E-state index >= 15 is 0 Å². The van der Waals surface area contributed by atoms with Gasteiger partial charge in [-0.25, -0.2) is 4.98 Å². The summed E-state index contributed by atoms with van der Waals surface area (Å²) >= 11 is 6.09. The van der Waals surface area contributed by atoms with Crippen LogP contribution < -0.4 is 11.1 Å². The van der Waals surface area contributed by atoms with Gasteiger partial charge in [0, 0.05) is 16.8 Å². The van der Waals surface area contributed by atoms with Gasteiger partial charge >= 0.3 is 0 Å². The Hall–Kier alpha value is -2.07. The maximum Gasteiger partial charge on any atom is 0.251 e. The van der Waals surface area contributed by atoms with Crippen molar-refractivity contribution < 1.29 is 4.79 Å². The Labute approximate surface area is 116 Å². The molecule has 0 saturated heterocycles. The third-order valence-electron chi connectivity index (χ3n) is 2.76. The number of aromatic nitrogens is 1. The average molecular weight is 276 g/mol. The summed E-state index contributed by atoms with van der Waals surface area (Å²) in [5.74, 6) is 0.111. The number of anilines is 1. The number of nitrogens with two attached hydrogens (primary N) is 1. The fourth-order valence-electron chi connectivity index (χ4n) is 1.77. The lowest BCUT2D eigenvalue weighted by Gasteiger charge is -2.15. The highest BCUT2D eigenvalue weighted by Crippen LogP contribution is 2.22. The van der Waals surface area contributed by atoms with Crippen molar-refractivity contribution in [3.05, 3.63) is 58.7 Å². The van der Waals surface area contributed by atoms with Gasteiger partial charge in [0.05, 0.1) is 6.04 Å². The number of hydrogen-bond donors (Lipinski definition) is 2. The second kappa shape index (κ2) is 5.71. The van der Waals surface area contributed by atoms with Crippen molar-refractivity contribution in [3.63, 3.8) is 0 Å². The van der Waals surface area contributed by atoms with E-state index in [1.807, 2.05) is 25.1 Å². The normalized spacial score (nSPS) is 11.9. The van der Waals surface area contributed by atoms with Crippen molar-refractivity contribution in [2.24, 2.45) is 0 Å². The van der Waals surface area contributed by atoms with E-state index in [1.165, 1.54) is 12.3 Å². The third kappa shape index (κ3) is 3.23. The summed E-state index contributed by atoms with van der Waals surface area (Å²) in [6.45, 7) is 1.88. The molecule has 1 unspecified atom stereocenters. The first-order chi connectivity index (χ1) is 9.08. The van der Waals surface area contributed by atoms with Crippen LogP contribution in [0.4, 0.5) is 5.82 Å². The lowest BCUT2D eigenvalue weighted by atomic mass is 10.1. The van der Waals surface area contributed by atoms with Crippen LogP contribution in [0.15, 0.2) is 42.6 Å². The average Bonchev–Trinajstić information content (AvgIpc) is 2.39. The fraction of sp³-hybridized carbons (Fsp3) is 0.143. The molecule has 4 nitrogen and oxygen atoms in total. The van der Waals surface area contributed by atoms with Crippen molar-refractivity contribution in [1.29, 1.82) is 0 Å². The van der Waals surface area contributed by atoms with Gasteiger partial charge in [0.2, 0.25) is 0 Å². The summed E-state index contributed by atoms with van der Waals surface area (Å²) < 4.78 is 0. The van der Waals surface area contributed by atoms with Gasteiger partial charge in [0.15, 0.2) is 0 Å². The van der Waals surface area contributed by atoms with E-state index in [2.05, 4.69) is 10.3 Å². The topological polar surface area (TPSA) is 68.0 Å². The number of carbonyl (C=O) groups is 1. The van der Waals surface area contributed by atoms with Crippen molar-refractivity contribution in [2.45, 2.75) is 13.0 Å². The Morgan fingerprint density at radius 3 is 2.79 bits per heavy atom. The van der Waals surface area contributed by atoms with Crippen LogP contribution in [0.2, 0.25) is 5.02 Å². The molecule has 1 heterocycles. The molecule has 1 aromatic heterocycles. The molecule has 2 rings (SSSR count). The number of nitrogen functional groups attached to an aromatic ring is 1. The zero-order valence-electron chi connectivity index (χ0n) is 10.4. The number of nitrogens with zero attached hydrogens (tertiary/aromatic N) is 1. The van der Waals surface area contributed by atoms with E-state index in [0.29, 0.717) is 16.4 Å². The molecule has 3 N–H and O–H groups in total. The van der Waals surface area contributed by atoms with Gasteiger partial charge in [-0.1, -0.05) is 29.8 Å². The first-order valence-electron chi connectivity index (χ1n) is 5.84. The molecule has 1 aromatic carbocycles. The molecule has 1 atom stereocenters. The summed E-state index contributed by atoms with van der Waals surface area (Å²) in [5.41, 5.74) is 6.90. The zero-order valence-corrected chi connectivity index (χ0v) is 11.2. The molecule has 0 spiro atoms. The first kappa shape index (κ1) is 13.4. The van der Waals surface area contributed by atoms with Gasteiger partial charge in [-0.3, -0.25) is 4.79 Å². The summed E-state index contributed by atoms with van der Waals surface area (Å²) in [5, 5.41) is 3.50. The maximum atomic E-state index is 12.1. The van der Waals surface area contributed by atoms with Gasteiger partial charge in [0.25, 0.3) is 5.91 Å². The van der Waals surface area contributed by atoms with Crippen LogP contribution in [0.3, 0.4) is 0 Å². The molecular weight excluding hydrogens is 262 g/mol. The van der Waals surface area contributed by atoms with E-state index in [-0.39, 0.29) is 11.9 Å². The van der Waals surface area contributed by atoms with E-state index in [4.69, 9.17) is 17.3 Å². The van der Waals surface area contributed by atoms with Crippen LogP contribution >= 0.6 is 11.6 Å². The van der Waals surface area contributed by atoms with E-state index in [0.717, 1.165) is 5.56 Å². The van der Waals surface area contributed by atoms with Gasteiger partial charge < -0.3 is 11.1 Å². The predicted octanol–water partition coefficient (Wildman–Crippen LogP) is 2.81. The second-order valence-electron chi connectivity index (χ2n) is 4.19. The molecule has 19 heavy (non-hydrogen) atoms. The standard InChI is InChI=1S/C14H14ClN3O/c1-9(11-4-2-3-5-12(11)15)18-14(19)10-6-7-17-13(16)8-10/h2-9H,1H3,(H2,16,17)(H,18,19). The zero-order chi connectivity index (χ0) is 13.8. The SMILES string of the molecule is CC(NC(=O)c1ccnc(N)c1)c1ccccc1Cl. The third-order valence-corrected chi connectivity index (χ3v) is 3.11. The largest absolute Gasteiger partial charge is 0.384 e. The summed E-state index contributed by atoms with van der Waals surface area (Å²) in [6, 6.07) is 10.4. The summed E-state index contributed by atoms with van der Waals surface area (Å²) in [4.78, 5) is 15.9. The van der Waals surface area contributed by atoms with Crippen LogP contribution in [0.5, 0.6) is 0 Å². The molecule has 98 valence electrons. The maximum absolute atomic E-state index is 12.1. The number of rotatable bonds is 3. The molecule has 0 saturated carbocycles. The van der Waals surface area contributed by atoms with E-state index in [9.17, 15) is 4.79 Å². The first-order valence-corrected chi connectivity index (χ1v) is 6.22. The number of benzene rings is 1. The number of halogens is 1. The highest BCUT2D eigenvalue weighted by molar-refractivity contribution is 6.31. The smallest absolute Gasteiger partial charge is 0.251 e. The summed E-state index contributed by atoms with van der Waals surface area (Å²) in [6.07, 6.45) is 1.50. The van der Waals surface area contributed by atoms with E-state index in [1.54, 1.807) is 12.1 Å². The molecule has 0 aliphatic carbocycles. The minimum absolute atomic E-state index is 0.185. The highest BCUT2D eigenvalue weighted by Gasteiger charge is 2.13. The molecular formula is C14H14ClN3O. The van der Waals surface area contributed by atoms with Crippen LogP contribution in [0.25, 0.3) is 0 Å². The fourth-order valence-corrected chi connectivity index (χ4v) is 2.07. The Morgan fingerprint density at radius 2 is 2.11 bits per heavy atom. The van der Waals surface area contributed by atoms with E-state index < -0.39 is 0 Å². The van der Waals surface area contributed by atoms with Gasteiger partial charge in [-0.2, -0.15) is 0 Å². The minimum Gasteiger partial charge on any atom is -0.384 e.